The molecule has 4 heteroatoms. The third kappa shape index (κ3) is 2.17. The molecule has 94 valence electrons. The SMILES string of the molecule is CC(=O)c1ccnnc1CC1=NCc2ccccc21. The molecule has 1 aromatic carbocycles. The first kappa shape index (κ1) is 11.7. The molecule has 1 aromatic heterocycles. The second kappa shape index (κ2) is 4.72. The van der Waals surface area contributed by atoms with Crippen molar-refractivity contribution in [3.05, 3.63) is 58.9 Å². The molecule has 0 saturated heterocycles. The maximum Gasteiger partial charge on any atom is 0.161 e. The van der Waals surface area contributed by atoms with Crippen molar-refractivity contribution in [1.82, 2.24) is 10.2 Å². The molecule has 0 aliphatic carbocycles. The van der Waals surface area contributed by atoms with E-state index in [0.717, 1.165) is 11.3 Å². The van der Waals surface area contributed by atoms with E-state index in [1.807, 2.05) is 12.1 Å². The number of Topliss-reactive ketones (excluding diaryl/α,β-unsaturated/α-hetero) is 1. The molecule has 3 rings (SSSR count). The number of ketones is 1. The first-order chi connectivity index (χ1) is 9.25. The molecule has 4 nitrogen and oxygen atoms in total. The fourth-order valence-corrected chi connectivity index (χ4v) is 2.33. The number of fused-ring (bicyclic) bond motifs is 1. The quantitative estimate of drug-likeness (QED) is 0.786. The highest BCUT2D eigenvalue weighted by Crippen LogP contribution is 2.21. The van der Waals surface area contributed by atoms with Crippen LogP contribution in [-0.4, -0.2) is 21.7 Å². The topological polar surface area (TPSA) is 55.2 Å². The van der Waals surface area contributed by atoms with Gasteiger partial charge < -0.3 is 0 Å². The Morgan fingerprint density at radius 2 is 2.11 bits per heavy atom. The monoisotopic (exact) mass is 251 g/mol. The number of nitrogens with zero attached hydrogens (tertiary/aromatic N) is 3. The van der Waals surface area contributed by atoms with Gasteiger partial charge in [0.1, 0.15) is 0 Å². The second-order valence-corrected chi connectivity index (χ2v) is 4.54. The Labute approximate surface area is 111 Å². The summed E-state index contributed by atoms with van der Waals surface area (Å²) in [6.45, 7) is 2.26. The fourth-order valence-electron chi connectivity index (χ4n) is 2.33. The normalized spacial score (nSPS) is 13.0. The van der Waals surface area contributed by atoms with Crippen molar-refractivity contribution in [3.63, 3.8) is 0 Å². The van der Waals surface area contributed by atoms with Crippen molar-refractivity contribution in [3.8, 4) is 0 Å². The second-order valence-electron chi connectivity index (χ2n) is 4.54. The Kier molecular flexibility index (Phi) is 2.91. The smallest absolute Gasteiger partial charge is 0.161 e. The van der Waals surface area contributed by atoms with E-state index >= 15 is 0 Å². The van der Waals surface area contributed by atoms with E-state index < -0.39 is 0 Å². The number of carbonyl (C=O) groups excluding carboxylic acids is 1. The van der Waals surface area contributed by atoms with Crippen molar-refractivity contribution in [2.75, 3.05) is 0 Å². The Balaban J connectivity index is 1.94. The summed E-state index contributed by atoms with van der Waals surface area (Å²) in [6.07, 6.45) is 2.10. The average molecular weight is 251 g/mol. The zero-order chi connectivity index (χ0) is 13.2. The van der Waals surface area contributed by atoms with Gasteiger partial charge in [-0.15, -0.1) is 0 Å². The standard InChI is InChI=1S/C15H13N3O/c1-10(19)12-6-7-17-18-15(12)8-14-13-5-3-2-4-11(13)9-16-14/h2-7H,8-9H2,1H3. The maximum absolute atomic E-state index is 11.6. The van der Waals surface area contributed by atoms with Crippen LogP contribution in [0.4, 0.5) is 0 Å². The first-order valence-electron chi connectivity index (χ1n) is 6.19. The number of carbonyl (C=O) groups is 1. The summed E-state index contributed by atoms with van der Waals surface area (Å²) >= 11 is 0. The summed E-state index contributed by atoms with van der Waals surface area (Å²) < 4.78 is 0. The van der Waals surface area contributed by atoms with E-state index in [0.29, 0.717) is 24.2 Å². The number of benzene rings is 1. The molecular formula is C15H13N3O. The van der Waals surface area contributed by atoms with E-state index in [2.05, 4.69) is 27.3 Å². The van der Waals surface area contributed by atoms with Crippen molar-refractivity contribution in [2.45, 2.75) is 19.9 Å². The number of rotatable bonds is 3. The van der Waals surface area contributed by atoms with Gasteiger partial charge in [-0.05, 0) is 18.6 Å². The van der Waals surface area contributed by atoms with E-state index in [4.69, 9.17) is 0 Å². The summed E-state index contributed by atoms with van der Waals surface area (Å²) in [5.74, 6) is 0.0109. The molecule has 2 aromatic rings. The van der Waals surface area contributed by atoms with Crippen LogP contribution >= 0.6 is 0 Å². The van der Waals surface area contributed by atoms with Gasteiger partial charge in [-0.2, -0.15) is 10.2 Å². The van der Waals surface area contributed by atoms with Gasteiger partial charge in [-0.3, -0.25) is 9.79 Å². The predicted molar refractivity (Wildman–Crippen MR) is 72.4 cm³/mol. The van der Waals surface area contributed by atoms with Crippen molar-refractivity contribution in [2.24, 2.45) is 4.99 Å². The molecule has 1 aliphatic heterocycles. The number of hydrogen-bond acceptors (Lipinski definition) is 4. The predicted octanol–water partition coefficient (Wildman–Crippen LogP) is 2.22. The maximum atomic E-state index is 11.6. The molecule has 1 aliphatic rings. The van der Waals surface area contributed by atoms with Gasteiger partial charge in [0, 0.05) is 23.3 Å². The van der Waals surface area contributed by atoms with Crippen LogP contribution in [0.2, 0.25) is 0 Å². The zero-order valence-electron chi connectivity index (χ0n) is 10.6. The van der Waals surface area contributed by atoms with Crippen molar-refractivity contribution in [1.29, 1.82) is 0 Å². The van der Waals surface area contributed by atoms with Crippen LogP contribution < -0.4 is 0 Å². The zero-order valence-corrected chi connectivity index (χ0v) is 10.6. The van der Waals surface area contributed by atoms with Gasteiger partial charge >= 0.3 is 0 Å². The minimum absolute atomic E-state index is 0.0109. The highest BCUT2D eigenvalue weighted by atomic mass is 16.1. The van der Waals surface area contributed by atoms with Crippen LogP contribution in [0.1, 0.15) is 34.1 Å². The Morgan fingerprint density at radius 3 is 2.95 bits per heavy atom. The fraction of sp³-hybridized carbons (Fsp3) is 0.200. The largest absolute Gasteiger partial charge is 0.294 e. The molecule has 0 spiro atoms. The molecular weight excluding hydrogens is 238 g/mol. The third-order valence-corrected chi connectivity index (χ3v) is 3.28. The third-order valence-electron chi connectivity index (χ3n) is 3.28. The lowest BCUT2D eigenvalue weighted by Gasteiger charge is -2.06. The molecule has 0 saturated carbocycles. The van der Waals surface area contributed by atoms with E-state index in [9.17, 15) is 4.79 Å². The van der Waals surface area contributed by atoms with Crippen molar-refractivity contribution >= 4 is 11.5 Å². The van der Waals surface area contributed by atoms with Crippen LogP contribution in [0.25, 0.3) is 0 Å². The minimum Gasteiger partial charge on any atom is -0.294 e. The van der Waals surface area contributed by atoms with Crippen LogP contribution in [0.5, 0.6) is 0 Å². The molecule has 19 heavy (non-hydrogen) atoms. The summed E-state index contributed by atoms with van der Waals surface area (Å²) in [5.41, 5.74) is 4.69. The molecule has 0 radical (unpaired) electrons. The number of aliphatic imine (C=N–C) groups is 1. The average Bonchev–Trinajstić information content (AvgIpc) is 2.83. The van der Waals surface area contributed by atoms with Crippen molar-refractivity contribution < 1.29 is 4.79 Å². The summed E-state index contributed by atoms with van der Waals surface area (Å²) in [7, 11) is 0. The first-order valence-corrected chi connectivity index (χ1v) is 6.19. The molecule has 0 bridgehead atoms. The highest BCUT2D eigenvalue weighted by molar-refractivity contribution is 6.06. The summed E-state index contributed by atoms with van der Waals surface area (Å²) in [6, 6.07) is 9.87. The Bertz CT molecular complexity index is 677. The van der Waals surface area contributed by atoms with Gasteiger partial charge in [0.05, 0.1) is 18.4 Å². The van der Waals surface area contributed by atoms with Gasteiger partial charge in [-0.25, -0.2) is 0 Å². The summed E-state index contributed by atoms with van der Waals surface area (Å²) in [4.78, 5) is 16.1. The molecule has 2 heterocycles. The van der Waals surface area contributed by atoms with E-state index in [1.165, 1.54) is 5.56 Å². The van der Waals surface area contributed by atoms with Crippen LogP contribution in [0, 0.1) is 0 Å². The van der Waals surface area contributed by atoms with E-state index in [-0.39, 0.29) is 5.78 Å². The lowest BCUT2D eigenvalue weighted by molar-refractivity contribution is 0.101. The molecule has 0 atom stereocenters. The molecule has 0 amide bonds. The van der Waals surface area contributed by atoms with Gasteiger partial charge in [0.25, 0.3) is 0 Å². The van der Waals surface area contributed by atoms with Crippen LogP contribution in [0.15, 0.2) is 41.5 Å². The van der Waals surface area contributed by atoms with Crippen LogP contribution in [0.3, 0.4) is 0 Å². The van der Waals surface area contributed by atoms with E-state index in [1.54, 1.807) is 19.2 Å². The molecule has 0 unspecified atom stereocenters. The Hall–Kier alpha value is -2.36. The van der Waals surface area contributed by atoms with Crippen LogP contribution in [-0.2, 0) is 13.0 Å². The number of hydrogen-bond donors (Lipinski definition) is 0. The minimum atomic E-state index is 0.0109. The Morgan fingerprint density at radius 1 is 1.26 bits per heavy atom. The van der Waals surface area contributed by atoms with Gasteiger partial charge in [0.15, 0.2) is 5.78 Å². The molecule has 0 fully saturated rings. The summed E-state index contributed by atoms with van der Waals surface area (Å²) in [5, 5.41) is 7.95. The lowest BCUT2D eigenvalue weighted by Crippen LogP contribution is -2.10. The van der Waals surface area contributed by atoms with Gasteiger partial charge in [-0.1, -0.05) is 24.3 Å². The lowest BCUT2D eigenvalue weighted by atomic mass is 10.00. The molecule has 0 N–H and O–H groups in total. The number of aromatic nitrogens is 2. The van der Waals surface area contributed by atoms with Gasteiger partial charge in [0.2, 0.25) is 0 Å². The highest BCUT2D eigenvalue weighted by Gasteiger charge is 2.18.